The summed E-state index contributed by atoms with van der Waals surface area (Å²) in [6.07, 6.45) is 7.44. The maximum atomic E-state index is 12.6. The summed E-state index contributed by atoms with van der Waals surface area (Å²) in [5.74, 6) is 0.818. The summed E-state index contributed by atoms with van der Waals surface area (Å²) in [6.45, 7) is 10.9. The van der Waals surface area contributed by atoms with Gasteiger partial charge in [0.05, 0.1) is 0 Å². The molecule has 21 heavy (non-hydrogen) atoms. The SMILES string of the molecule is CC(C)(C)NC(=O)[C@@H](Cl)C12CC3C[C@@](C)(C1)C[C@](C)(C3)C2. The van der Waals surface area contributed by atoms with Crippen LogP contribution in [-0.4, -0.2) is 16.8 Å². The Kier molecular flexibility index (Phi) is 3.28. The quantitative estimate of drug-likeness (QED) is 0.747. The highest BCUT2D eigenvalue weighted by Gasteiger charge is 2.63. The van der Waals surface area contributed by atoms with Crippen molar-refractivity contribution in [1.29, 1.82) is 0 Å². The summed E-state index contributed by atoms with van der Waals surface area (Å²) in [5.41, 5.74) is 0.632. The first kappa shape index (κ1) is 15.6. The molecule has 1 N–H and O–H groups in total. The molecular formula is C18H30ClNO. The van der Waals surface area contributed by atoms with Crippen LogP contribution >= 0.6 is 11.6 Å². The molecule has 4 saturated carbocycles. The largest absolute Gasteiger partial charge is 0.350 e. The number of halogens is 1. The lowest BCUT2D eigenvalue weighted by Gasteiger charge is -2.66. The van der Waals surface area contributed by atoms with Crippen LogP contribution in [0.5, 0.6) is 0 Å². The zero-order valence-corrected chi connectivity index (χ0v) is 14.9. The van der Waals surface area contributed by atoms with Gasteiger partial charge in [0.2, 0.25) is 5.91 Å². The van der Waals surface area contributed by atoms with Gasteiger partial charge >= 0.3 is 0 Å². The van der Waals surface area contributed by atoms with E-state index in [1.54, 1.807) is 0 Å². The third kappa shape index (κ3) is 2.73. The maximum absolute atomic E-state index is 12.6. The number of carbonyl (C=O) groups is 1. The number of amides is 1. The van der Waals surface area contributed by atoms with Crippen LogP contribution in [0.25, 0.3) is 0 Å². The van der Waals surface area contributed by atoms with Crippen molar-refractivity contribution in [1.82, 2.24) is 5.32 Å². The zero-order valence-electron chi connectivity index (χ0n) is 14.2. The van der Waals surface area contributed by atoms with Gasteiger partial charge in [-0.25, -0.2) is 0 Å². The molecule has 2 nitrogen and oxygen atoms in total. The van der Waals surface area contributed by atoms with Crippen molar-refractivity contribution in [2.24, 2.45) is 22.2 Å². The molecule has 4 aliphatic carbocycles. The van der Waals surface area contributed by atoms with Crippen molar-refractivity contribution in [2.75, 3.05) is 0 Å². The van der Waals surface area contributed by atoms with Gasteiger partial charge in [-0.15, -0.1) is 11.6 Å². The smallest absolute Gasteiger partial charge is 0.239 e. The van der Waals surface area contributed by atoms with Gasteiger partial charge < -0.3 is 5.32 Å². The Morgan fingerprint density at radius 1 is 1.10 bits per heavy atom. The van der Waals surface area contributed by atoms with E-state index in [-0.39, 0.29) is 22.2 Å². The van der Waals surface area contributed by atoms with E-state index in [0.717, 1.165) is 25.2 Å². The third-order valence-electron chi connectivity index (χ3n) is 5.94. The van der Waals surface area contributed by atoms with Gasteiger partial charge in [-0.2, -0.15) is 0 Å². The van der Waals surface area contributed by atoms with E-state index in [1.165, 1.54) is 19.3 Å². The van der Waals surface area contributed by atoms with Crippen LogP contribution in [0, 0.1) is 22.2 Å². The minimum absolute atomic E-state index is 0.0276. The highest BCUT2D eigenvalue weighted by molar-refractivity contribution is 6.31. The second-order valence-electron chi connectivity index (χ2n) is 10.1. The predicted molar refractivity (Wildman–Crippen MR) is 87.4 cm³/mol. The molecule has 4 fully saturated rings. The molecule has 0 aromatic carbocycles. The van der Waals surface area contributed by atoms with Crippen LogP contribution in [0.4, 0.5) is 0 Å². The molecule has 5 atom stereocenters. The van der Waals surface area contributed by atoms with E-state index in [4.69, 9.17) is 11.6 Å². The molecule has 0 saturated heterocycles. The first-order chi connectivity index (χ1) is 9.45. The van der Waals surface area contributed by atoms with Gasteiger partial charge in [0, 0.05) is 5.54 Å². The van der Waals surface area contributed by atoms with Crippen LogP contribution in [0.15, 0.2) is 0 Å². The normalized spacial score (nSPS) is 46.5. The molecule has 4 bridgehead atoms. The molecule has 3 heteroatoms. The average Bonchev–Trinajstić information content (AvgIpc) is 2.20. The van der Waals surface area contributed by atoms with E-state index < -0.39 is 0 Å². The minimum Gasteiger partial charge on any atom is -0.350 e. The summed E-state index contributed by atoms with van der Waals surface area (Å²) < 4.78 is 0. The Morgan fingerprint density at radius 2 is 1.62 bits per heavy atom. The van der Waals surface area contributed by atoms with Crippen molar-refractivity contribution < 1.29 is 4.79 Å². The topological polar surface area (TPSA) is 29.1 Å². The summed E-state index contributed by atoms with van der Waals surface area (Å²) in [6, 6.07) is 0. The average molecular weight is 312 g/mol. The number of alkyl halides is 1. The number of nitrogens with one attached hydrogen (secondary N) is 1. The van der Waals surface area contributed by atoms with Gasteiger partial charge in [0.15, 0.2) is 0 Å². The van der Waals surface area contributed by atoms with Crippen LogP contribution in [0.3, 0.4) is 0 Å². The molecular weight excluding hydrogens is 282 g/mol. The van der Waals surface area contributed by atoms with Gasteiger partial charge in [0.1, 0.15) is 5.38 Å². The van der Waals surface area contributed by atoms with E-state index in [9.17, 15) is 4.79 Å². The molecule has 0 aromatic heterocycles. The van der Waals surface area contributed by atoms with E-state index in [2.05, 4.69) is 19.2 Å². The van der Waals surface area contributed by atoms with Crippen molar-refractivity contribution in [3.05, 3.63) is 0 Å². The standard InChI is InChI=1S/C18H30ClNO/c1-15(2,3)20-14(21)13(19)18-8-12-6-16(4,10-18)9-17(5,7-12)11-18/h12-13H,6-11H2,1-5H3,(H,20,21)/t12?,13-,16-,17+,18?/m1/s1. The fourth-order valence-corrected chi connectivity index (χ4v) is 6.83. The molecule has 4 aliphatic rings. The first-order valence-corrected chi connectivity index (χ1v) is 8.84. The number of rotatable bonds is 2. The summed E-state index contributed by atoms with van der Waals surface area (Å²) in [4.78, 5) is 12.6. The molecule has 1 amide bonds. The molecule has 0 radical (unpaired) electrons. The third-order valence-corrected chi connectivity index (χ3v) is 6.60. The molecule has 120 valence electrons. The summed E-state index contributed by atoms with van der Waals surface area (Å²) in [7, 11) is 0. The van der Waals surface area contributed by atoms with Crippen molar-refractivity contribution in [3.63, 3.8) is 0 Å². The second kappa shape index (κ2) is 4.40. The molecule has 0 heterocycles. The van der Waals surface area contributed by atoms with Gasteiger partial charge in [-0.1, -0.05) is 13.8 Å². The van der Waals surface area contributed by atoms with Gasteiger partial charge in [-0.3, -0.25) is 4.79 Å². The van der Waals surface area contributed by atoms with Crippen molar-refractivity contribution in [2.45, 2.75) is 84.1 Å². The zero-order chi connectivity index (χ0) is 15.7. The fraction of sp³-hybridized carbons (Fsp3) is 0.944. The van der Waals surface area contributed by atoms with Crippen molar-refractivity contribution in [3.8, 4) is 0 Å². The highest BCUT2D eigenvalue weighted by Crippen LogP contribution is 2.70. The predicted octanol–water partition coefficient (Wildman–Crippen LogP) is 4.51. The molecule has 0 aliphatic heterocycles. The van der Waals surface area contributed by atoms with Crippen molar-refractivity contribution >= 4 is 17.5 Å². The Morgan fingerprint density at radius 3 is 2.05 bits per heavy atom. The lowest BCUT2D eigenvalue weighted by Crippen LogP contribution is -2.61. The van der Waals surface area contributed by atoms with Crippen LogP contribution in [0.2, 0.25) is 0 Å². The van der Waals surface area contributed by atoms with Crippen LogP contribution < -0.4 is 5.32 Å². The Bertz CT molecular complexity index is 448. The van der Waals surface area contributed by atoms with E-state index in [0.29, 0.717) is 10.8 Å². The highest BCUT2D eigenvalue weighted by atomic mass is 35.5. The molecule has 0 spiro atoms. The van der Waals surface area contributed by atoms with Crippen LogP contribution in [-0.2, 0) is 4.79 Å². The maximum Gasteiger partial charge on any atom is 0.239 e. The lowest BCUT2D eigenvalue weighted by molar-refractivity contribution is -0.154. The lowest BCUT2D eigenvalue weighted by atomic mass is 9.39. The van der Waals surface area contributed by atoms with Gasteiger partial charge in [-0.05, 0) is 81.5 Å². The molecule has 0 aromatic rings. The van der Waals surface area contributed by atoms with Gasteiger partial charge in [0.25, 0.3) is 0 Å². The number of carbonyl (C=O) groups excluding carboxylic acids is 1. The molecule has 2 unspecified atom stereocenters. The fourth-order valence-electron chi connectivity index (χ4n) is 6.53. The summed E-state index contributed by atoms with van der Waals surface area (Å²) in [5, 5.41) is 2.72. The minimum atomic E-state index is -0.376. The Hall–Kier alpha value is -0.240. The number of hydrogen-bond donors (Lipinski definition) is 1. The molecule has 4 rings (SSSR count). The summed E-state index contributed by atoms with van der Waals surface area (Å²) >= 11 is 6.77. The van der Waals surface area contributed by atoms with Crippen LogP contribution in [0.1, 0.15) is 73.1 Å². The first-order valence-electron chi connectivity index (χ1n) is 8.41. The second-order valence-corrected chi connectivity index (χ2v) is 10.5. The Labute approximate surface area is 134 Å². The number of hydrogen-bond acceptors (Lipinski definition) is 1. The Balaban J connectivity index is 1.86. The monoisotopic (exact) mass is 311 g/mol. The van der Waals surface area contributed by atoms with E-state index in [1.807, 2.05) is 20.8 Å². The van der Waals surface area contributed by atoms with E-state index >= 15 is 0 Å².